The molecule has 70 heavy (non-hydrogen) atoms. The SMILES string of the molecule is CCN(CC)c1ccc(NC(O)c2cccc(CCCOCCOCCOCCOCCNS(=O)(=O)c3ccc(CCC(=O)O)cc3)c2)c(-c2cc(C(=O)NCc3cccc(C(F)(F)F)c3)ccn2)c1. The number of aliphatic carboxylic acids is 1. The summed E-state index contributed by atoms with van der Waals surface area (Å²) in [7, 11) is -3.72. The number of aryl methyl sites for hydroxylation is 2. The van der Waals surface area contributed by atoms with Gasteiger partial charge in [0, 0.05) is 73.5 Å². The van der Waals surface area contributed by atoms with Crippen LogP contribution < -0.4 is 20.3 Å². The van der Waals surface area contributed by atoms with Crippen molar-refractivity contribution >= 4 is 33.3 Å². The standard InChI is InChI=1S/C51H62F3N5O10S/c1-3-59(4-2)43-16-19-46(45(35-43)47-34-41(21-22-55-47)49(62)56-36-39-9-6-12-42(33-39)51(52,53)54)58-50(63)40-11-5-8-38(32-40)10-7-24-66-26-28-68-30-31-69-29-27-67-25-23-57-70(64,65)44-17-13-37(14-18-44)15-20-48(60)61/h5-6,8-9,11-14,16-19,21-22,32-35,50,57-58,63H,3-4,7,10,15,20,23-31,36H2,1-2H3,(H,56,62)(H,60,61). The number of aliphatic hydroxyl groups is 1. The number of carbonyl (C=O) groups is 2. The molecule has 378 valence electrons. The first kappa shape index (κ1) is 55.0. The van der Waals surface area contributed by atoms with Crippen molar-refractivity contribution in [2.45, 2.75) is 63.4 Å². The Bertz CT molecular complexity index is 2530. The number of aromatic nitrogens is 1. The van der Waals surface area contributed by atoms with Gasteiger partial charge in [-0.2, -0.15) is 13.2 Å². The highest BCUT2D eigenvalue weighted by Crippen LogP contribution is 2.34. The molecule has 0 spiro atoms. The van der Waals surface area contributed by atoms with Crippen LogP contribution in [0, 0.1) is 0 Å². The van der Waals surface area contributed by atoms with Crippen LogP contribution in [0.5, 0.6) is 0 Å². The minimum Gasteiger partial charge on any atom is -0.481 e. The van der Waals surface area contributed by atoms with E-state index in [4.69, 9.17) is 24.1 Å². The number of carboxylic acids is 1. The van der Waals surface area contributed by atoms with Crippen LogP contribution in [0.25, 0.3) is 11.3 Å². The van der Waals surface area contributed by atoms with Gasteiger partial charge in [0.15, 0.2) is 6.23 Å². The lowest BCUT2D eigenvalue weighted by molar-refractivity contribution is -0.138. The van der Waals surface area contributed by atoms with Gasteiger partial charge in [0.2, 0.25) is 10.0 Å². The van der Waals surface area contributed by atoms with Crippen LogP contribution in [0.15, 0.2) is 114 Å². The van der Waals surface area contributed by atoms with Crippen LogP contribution in [0.1, 0.15) is 71.1 Å². The van der Waals surface area contributed by atoms with Gasteiger partial charge >= 0.3 is 12.1 Å². The van der Waals surface area contributed by atoms with Gasteiger partial charge in [-0.05, 0) is 104 Å². The van der Waals surface area contributed by atoms with Crippen LogP contribution in [-0.4, -0.2) is 108 Å². The van der Waals surface area contributed by atoms with Crippen LogP contribution >= 0.6 is 0 Å². The summed E-state index contributed by atoms with van der Waals surface area (Å²) < 4.78 is 89.5. The van der Waals surface area contributed by atoms with E-state index in [1.807, 2.05) is 56.3 Å². The average Bonchev–Trinajstić information content (AvgIpc) is 3.35. The number of anilines is 2. The number of carbonyl (C=O) groups excluding carboxylic acids is 1. The number of carboxylic acid groups (broad SMARTS) is 1. The van der Waals surface area contributed by atoms with Gasteiger partial charge in [-0.15, -0.1) is 0 Å². The molecule has 5 N–H and O–H groups in total. The predicted octanol–water partition coefficient (Wildman–Crippen LogP) is 7.64. The van der Waals surface area contributed by atoms with Crippen molar-refractivity contribution in [2.75, 3.05) is 82.7 Å². The van der Waals surface area contributed by atoms with Crippen molar-refractivity contribution in [1.29, 1.82) is 0 Å². The van der Waals surface area contributed by atoms with E-state index < -0.39 is 39.9 Å². The monoisotopic (exact) mass is 993 g/mol. The third kappa shape index (κ3) is 18.1. The van der Waals surface area contributed by atoms with E-state index in [0.717, 1.165) is 48.5 Å². The Morgan fingerprint density at radius 1 is 0.743 bits per heavy atom. The van der Waals surface area contributed by atoms with Crippen molar-refractivity contribution in [3.63, 3.8) is 0 Å². The first-order chi connectivity index (χ1) is 33.7. The van der Waals surface area contributed by atoms with Crippen LogP contribution in [0.4, 0.5) is 24.5 Å². The number of hydrogen-bond acceptors (Lipinski definition) is 12. The van der Waals surface area contributed by atoms with Gasteiger partial charge < -0.3 is 44.7 Å². The second-order valence-electron chi connectivity index (χ2n) is 16.0. The number of pyridine rings is 1. The molecule has 0 aliphatic carbocycles. The van der Waals surface area contributed by atoms with Crippen molar-refractivity contribution < 1.29 is 60.3 Å². The van der Waals surface area contributed by atoms with Gasteiger partial charge in [-0.1, -0.05) is 48.5 Å². The predicted molar refractivity (Wildman–Crippen MR) is 260 cm³/mol. The van der Waals surface area contributed by atoms with Crippen molar-refractivity contribution in [3.8, 4) is 11.3 Å². The van der Waals surface area contributed by atoms with Crippen molar-refractivity contribution in [3.05, 3.63) is 143 Å². The number of amides is 1. The fraction of sp³-hybridized carbons (Fsp3) is 0.392. The summed E-state index contributed by atoms with van der Waals surface area (Å²) in [5, 5.41) is 26.2. The number of aliphatic hydroxyl groups excluding tert-OH is 1. The quantitative estimate of drug-likeness (QED) is 0.0215. The molecule has 5 aromatic rings. The molecule has 4 aromatic carbocycles. The van der Waals surface area contributed by atoms with E-state index in [-0.39, 0.29) is 43.2 Å². The summed E-state index contributed by atoms with van der Waals surface area (Å²) in [6.45, 7) is 8.39. The van der Waals surface area contributed by atoms with E-state index in [2.05, 4.69) is 25.2 Å². The zero-order chi connectivity index (χ0) is 50.4. The molecule has 1 atom stereocenters. The van der Waals surface area contributed by atoms with E-state index in [1.54, 1.807) is 18.2 Å². The topological polar surface area (TPSA) is 198 Å². The maximum Gasteiger partial charge on any atom is 0.416 e. The number of sulfonamides is 1. The highest BCUT2D eigenvalue weighted by molar-refractivity contribution is 7.89. The summed E-state index contributed by atoms with van der Waals surface area (Å²) in [5.74, 6) is -1.39. The highest BCUT2D eigenvalue weighted by Gasteiger charge is 2.30. The largest absolute Gasteiger partial charge is 0.481 e. The van der Waals surface area contributed by atoms with E-state index in [9.17, 15) is 36.3 Å². The molecule has 1 aromatic heterocycles. The minimum atomic E-state index is -4.50. The molecule has 0 aliphatic rings. The Labute approximate surface area is 407 Å². The van der Waals surface area contributed by atoms with E-state index in [0.29, 0.717) is 80.6 Å². The summed E-state index contributed by atoms with van der Waals surface area (Å²) >= 11 is 0. The zero-order valence-electron chi connectivity index (χ0n) is 39.4. The minimum absolute atomic E-state index is 0.0281. The molecule has 1 unspecified atom stereocenters. The summed E-state index contributed by atoms with van der Waals surface area (Å²) in [6, 6.07) is 27.5. The number of benzene rings is 4. The van der Waals surface area contributed by atoms with E-state index >= 15 is 0 Å². The molecule has 0 fully saturated rings. The number of nitrogens with one attached hydrogen (secondary N) is 3. The number of rotatable bonds is 31. The maximum absolute atomic E-state index is 13.3. The molecule has 5 rings (SSSR count). The van der Waals surface area contributed by atoms with Crippen LogP contribution in [-0.2, 0) is 59.3 Å². The van der Waals surface area contributed by atoms with Gasteiger partial charge in [0.25, 0.3) is 5.91 Å². The molecule has 15 nitrogen and oxygen atoms in total. The number of hydrogen-bond donors (Lipinski definition) is 5. The Morgan fingerprint density at radius 2 is 1.40 bits per heavy atom. The number of ether oxygens (including phenoxy) is 4. The molecule has 0 aliphatic heterocycles. The maximum atomic E-state index is 13.3. The number of nitrogens with zero attached hydrogens (tertiary/aromatic N) is 2. The Balaban J connectivity index is 0.996. The normalized spacial score (nSPS) is 12.1. The Hall–Kier alpha value is -5.93. The van der Waals surface area contributed by atoms with E-state index in [1.165, 1.54) is 36.5 Å². The van der Waals surface area contributed by atoms with Crippen LogP contribution in [0.2, 0.25) is 0 Å². The van der Waals surface area contributed by atoms with Crippen molar-refractivity contribution in [1.82, 2.24) is 15.0 Å². The lowest BCUT2D eigenvalue weighted by Crippen LogP contribution is -2.28. The first-order valence-electron chi connectivity index (χ1n) is 23.1. The second kappa shape index (κ2) is 28.1. The molecular formula is C51H62F3N5O10S. The van der Waals surface area contributed by atoms with Gasteiger partial charge in [-0.3, -0.25) is 14.6 Å². The lowest BCUT2D eigenvalue weighted by Gasteiger charge is -2.24. The third-order valence-corrected chi connectivity index (χ3v) is 12.4. The number of halogens is 3. The Kier molecular flexibility index (Phi) is 22.0. The zero-order valence-corrected chi connectivity index (χ0v) is 40.2. The summed E-state index contributed by atoms with van der Waals surface area (Å²) in [5.41, 5.74) is 4.79. The average molecular weight is 994 g/mol. The lowest BCUT2D eigenvalue weighted by atomic mass is 10.0. The summed E-state index contributed by atoms with van der Waals surface area (Å²) in [6.07, 6.45) is -2.34. The van der Waals surface area contributed by atoms with Gasteiger partial charge in [-0.25, -0.2) is 13.1 Å². The van der Waals surface area contributed by atoms with Gasteiger partial charge in [0.1, 0.15) is 0 Å². The third-order valence-electron chi connectivity index (χ3n) is 11.0. The Morgan fingerprint density at radius 3 is 2.07 bits per heavy atom. The number of alkyl halides is 3. The molecule has 0 radical (unpaired) electrons. The molecule has 0 saturated heterocycles. The van der Waals surface area contributed by atoms with Crippen molar-refractivity contribution in [2.24, 2.45) is 0 Å². The molecule has 0 bridgehead atoms. The smallest absolute Gasteiger partial charge is 0.416 e. The molecule has 0 saturated carbocycles. The molecule has 1 heterocycles. The fourth-order valence-electron chi connectivity index (χ4n) is 7.22. The summed E-state index contributed by atoms with van der Waals surface area (Å²) in [4.78, 5) is 30.8. The fourth-order valence-corrected chi connectivity index (χ4v) is 8.24. The second-order valence-corrected chi connectivity index (χ2v) is 17.8. The molecule has 1 amide bonds. The first-order valence-corrected chi connectivity index (χ1v) is 24.6. The van der Waals surface area contributed by atoms with Crippen LogP contribution in [0.3, 0.4) is 0 Å². The van der Waals surface area contributed by atoms with Gasteiger partial charge in [0.05, 0.1) is 62.4 Å². The molecular weight excluding hydrogens is 932 g/mol. The highest BCUT2D eigenvalue weighted by atomic mass is 32.2. The molecule has 19 heteroatoms.